The number of carbonyl (C=O) groups is 1. The predicted octanol–water partition coefficient (Wildman–Crippen LogP) is 3.71. The van der Waals surface area contributed by atoms with E-state index in [1.807, 2.05) is 25.1 Å². The van der Waals surface area contributed by atoms with E-state index < -0.39 is 5.97 Å². The fraction of sp³-hybridized carbons (Fsp3) is 0.118. The highest BCUT2D eigenvalue weighted by molar-refractivity contribution is 9.10. The van der Waals surface area contributed by atoms with Crippen molar-refractivity contribution in [2.24, 2.45) is 0 Å². The predicted molar refractivity (Wildman–Crippen MR) is 92.7 cm³/mol. The molecule has 122 valence electrons. The third kappa shape index (κ3) is 2.90. The van der Waals surface area contributed by atoms with Crippen LogP contribution in [0.4, 0.5) is 0 Å². The number of rotatable bonds is 4. The molecule has 7 heteroatoms. The highest BCUT2D eigenvalue weighted by Gasteiger charge is 2.22. The van der Waals surface area contributed by atoms with E-state index in [-0.39, 0.29) is 5.69 Å². The van der Waals surface area contributed by atoms with Gasteiger partial charge in [0.25, 0.3) is 0 Å². The standard InChI is InChI=1S/C17H14BrN3O3/c1-10-8-12(6-7-14(10)18)21-16(15(17(22)23)19-20-21)11-4-3-5-13(9-11)24-2/h3-9H,1-2H3,(H,22,23). The molecule has 0 spiro atoms. The summed E-state index contributed by atoms with van der Waals surface area (Å²) in [7, 11) is 1.56. The van der Waals surface area contributed by atoms with E-state index in [1.165, 1.54) is 4.68 Å². The van der Waals surface area contributed by atoms with Crippen LogP contribution in [-0.4, -0.2) is 33.2 Å². The summed E-state index contributed by atoms with van der Waals surface area (Å²) in [5.41, 5.74) is 2.70. The Labute approximate surface area is 146 Å². The van der Waals surface area contributed by atoms with Gasteiger partial charge in [0, 0.05) is 10.0 Å². The van der Waals surface area contributed by atoms with Crippen LogP contribution in [0.15, 0.2) is 46.9 Å². The monoisotopic (exact) mass is 387 g/mol. The summed E-state index contributed by atoms with van der Waals surface area (Å²) >= 11 is 3.46. The molecule has 0 atom stereocenters. The first-order valence-corrected chi connectivity index (χ1v) is 7.90. The minimum absolute atomic E-state index is 0.108. The smallest absolute Gasteiger partial charge is 0.358 e. The Bertz CT molecular complexity index is 921. The lowest BCUT2D eigenvalue weighted by molar-refractivity contribution is 0.0691. The fourth-order valence-electron chi connectivity index (χ4n) is 2.40. The summed E-state index contributed by atoms with van der Waals surface area (Å²) < 4.78 is 7.72. The molecular weight excluding hydrogens is 374 g/mol. The molecule has 0 unspecified atom stereocenters. The van der Waals surface area contributed by atoms with Gasteiger partial charge in [-0.1, -0.05) is 33.3 Å². The first-order chi connectivity index (χ1) is 11.5. The minimum atomic E-state index is -1.13. The van der Waals surface area contributed by atoms with E-state index in [2.05, 4.69) is 26.2 Å². The quantitative estimate of drug-likeness (QED) is 0.737. The van der Waals surface area contributed by atoms with Crippen LogP contribution < -0.4 is 4.74 Å². The van der Waals surface area contributed by atoms with Gasteiger partial charge in [0.05, 0.1) is 12.8 Å². The number of methoxy groups -OCH3 is 1. The van der Waals surface area contributed by atoms with Gasteiger partial charge in [-0.05, 0) is 42.8 Å². The molecule has 1 heterocycles. The first-order valence-electron chi connectivity index (χ1n) is 7.11. The average molecular weight is 388 g/mol. The van der Waals surface area contributed by atoms with Gasteiger partial charge < -0.3 is 9.84 Å². The molecule has 3 rings (SSSR count). The Morgan fingerprint density at radius 3 is 2.71 bits per heavy atom. The van der Waals surface area contributed by atoms with E-state index in [4.69, 9.17) is 4.74 Å². The molecule has 0 saturated heterocycles. The van der Waals surface area contributed by atoms with Crippen molar-refractivity contribution in [3.05, 3.63) is 58.2 Å². The summed E-state index contributed by atoms with van der Waals surface area (Å²) in [5, 5.41) is 17.3. The summed E-state index contributed by atoms with van der Waals surface area (Å²) in [5.74, 6) is -0.503. The summed E-state index contributed by atoms with van der Waals surface area (Å²) in [6, 6.07) is 12.8. The highest BCUT2D eigenvalue weighted by atomic mass is 79.9. The Morgan fingerprint density at radius 1 is 1.25 bits per heavy atom. The van der Waals surface area contributed by atoms with Gasteiger partial charge in [-0.3, -0.25) is 0 Å². The Hall–Kier alpha value is -2.67. The van der Waals surface area contributed by atoms with Crippen molar-refractivity contribution in [1.82, 2.24) is 15.0 Å². The van der Waals surface area contributed by atoms with Crippen molar-refractivity contribution in [3.8, 4) is 22.7 Å². The molecule has 0 aliphatic heterocycles. The lowest BCUT2D eigenvalue weighted by Crippen LogP contribution is -2.03. The van der Waals surface area contributed by atoms with Crippen LogP contribution in [0.5, 0.6) is 5.75 Å². The number of aryl methyl sites for hydroxylation is 1. The maximum absolute atomic E-state index is 11.6. The van der Waals surface area contributed by atoms with Crippen LogP contribution in [0.1, 0.15) is 16.1 Å². The molecule has 2 aromatic carbocycles. The van der Waals surface area contributed by atoms with Gasteiger partial charge in [-0.25, -0.2) is 9.48 Å². The molecular formula is C17H14BrN3O3. The maximum atomic E-state index is 11.6. The molecule has 0 aliphatic carbocycles. The topological polar surface area (TPSA) is 77.2 Å². The third-order valence-corrected chi connectivity index (χ3v) is 4.49. The zero-order valence-electron chi connectivity index (χ0n) is 13.0. The summed E-state index contributed by atoms with van der Waals surface area (Å²) in [6.07, 6.45) is 0. The maximum Gasteiger partial charge on any atom is 0.358 e. The largest absolute Gasteiger partial charge is 0.497 e. The number of carboxylic acid groups (broad SMARTS) is 1. The Balaban J connectivity index is 2.24. The second kappa shape index (κ2) is 6.45. The number of ether oxygens (including phenoxy) is 1. The molecule has 24 heavy (non-hydrogen) atoms. The SMILES string of the molecule is COc1cccc(-c2c(C(=O)O)nnn2-c2ccc(Br)c(C)c2)c1. The van der Waals surface area contributed by atoms with Gasteiger partial charge in [0.1, 0.15) is 11.4 Å². The van der Waals surface area contributed by atoms with Crippen LogP contribution in [0, 0.1) is 6.92 Å². The molecule has 0 radical (unpaired) electrons. The number of hydrogen-bond acceptors (Lipinski definition) is 4. The van der Waals surface area contributed by atoms with E-state index in [0.29, 0.717) is 17.0 Å². The van der Waals surface area contributed by atoms with Crippen molar-refractivity contribution >= 4 is 21.9 Å². The summed E-state index contributed by atoms with van der Waals surface area (Å²) in [4.78, 5) is 11.6. The van der Waals surface area contributed by atoms with E-state index in [9.17, 15) is 9.90 Å². The van der Waals surface area contributed by atoms with Gasteiger partial charge in [0.15, 0.2) is 5.69 Å². The molecule has 3 aromatic rings. The minimum Gasteiger partial charge on any atom is -0.497 e. The molecule has 0 aliphatic rings. The number of aromatic carboxylic acids is 1. The zero-order chi connectivity index (χ0) is 17.3. The first kappa shape index (κ1) is 16.2. The number of nitrogens with zero attached hydrogens (tertiary/aromatic N) is 3. The van der Waals surface area contributed by atoms with E-state index in [0.717, 1.165) is 15.7 Å². The van der Waals surface area contributed by atoms with Gasteiger partial charge in [-0.2, -0.15) is 0 Å². The van der Waals surface area contributed by atoms with E-state index in [1.54, 1.807) is 31.4 Å². The van der Waals surface area contributed by atoms with Crippen molar-refractivity contribution in [1.29, 1.82) is 0 Å². The van der Waals surface area contributed by atoms with Crippen LogP contribution in [0.25, 0.3) is 16.9 Å². The zero-order valence-corrected chi connectivity index (χ0v) is 14.6. The fourth-order valence-corrected chi connectivity index (χ4v) is 2.64. The van der Waals surface area contributed by atoms with Crippen molar-refractivity contribution in [2.75, 3.05) is 7.11 Å². The molecule has 0 bridgehead atoms. The normalized spacial score (nSPS) is 10.6. The molecule has 0 saturated carbocycles. The van der Waals surface area contributed by atoms with Crippen LogP contribution in [-0.2, 0) is 0 Å². The van der Waals surface area contributed by atoms with Crippen LogP contribution in [0.2, 0.25) is 0 Å². The Morgan fingerprint density at radius 2 is 2.04 bits per heavy atom. The number of aromatic nitrogens is 3. The third-order valence-electron chi connectivity index (χ3n) is 3.60. The highest BCUT2D eigenvalue weighted by Crippen LogP contribution is 2.29. The molecule has 0 amide bonds. The number of benzene rings is 2. The van der Waals surface area contributed by atoms with Crippen LogP contribution in [0.3, 0.4) is 0 Å². The second-order valence-corrected chi connectivity index (χ2v) is 6.02. The lowest BCUT2D eigenvalue weighted by Gasteiger charge is -2.10. The molecule has 0 fully saturated rings. The van der Waals surface area contributed by atoms with Crippen molar-refractivity contribution in [2.45, 2.75) is 6.92 Å². The Kier molecular flexibility index (Phi) is 4.35. The van der Waals surface area contributed by atoms with Crippen molar-refractivity contribution in [3.63, 3.8) is 0 Å². The molecule has 6 nitrogen and oxygen atoms in total. The second-order valence-electron chi connectivity index (χ2n) is 5.17. The molecule has 1 aromatic heterocycles. The average Bonchev–Trinajstić information content (AvgIpc) is 3.02. The van der Waals surface area contributed by atoms with Gasteiger partial charge >= 0.3 is 5.97 Å². The van der Waals surface area contributed by atoms with Gasteiger partial charge in [-0.15, -0.1) is 5.10 Å². The van der Waals surface area contributed by atoms with E-state index >= 15 is 0 Å². The number of carboxylic acids is 1. The number of hydrogen-bond donors (Lipinski definition) is 1. The summed E-state index contributed by atoms with van der Waals surface area (Å²) in [6.45, 7) is 1.95. The number of halogens is 1. The lowest BCUT2D eigenvalue weighted by atomic mass is 10.1. The molecule has 1 N–H and O–H groups in total. The van der Waals surface area contributed by atoms with Crippen molar-refractivity contribution < 1.29 is 14.6 Å². The van der Waals surface area contributed by atoms with Gasteiger partial charge in [0.2, 0.25) is 0 Å². The van der Waals surface area contributed by atoms with Crippen LogP contribution >= 0.6 is 15.9 Å².